The standard InChI is InChI=1S/C21H25N3O4/c1-4-28-19-13-24-10-9-23(21(27)17(24)12-18(19)25)8-7-22-20(26)16-6-5-14(2)15(3)11-16/h5-6,11-13H,4,7-10H2,1-3H3,(H,22,26). The molecule has 0 unspecified atom stereocenters. The SMILES string of the molecule is CCOc1cn2c(cc1=O)C(=O)N(CCNC(=O)c1ccc(C)c(C)c1)CC2. The van der Waals surface area contributed by atoms with Crippen LogP contribution in [0.3, 0.4) is 0 Å². The fraction of sp³-hybridized carbons (Fsp3) is 0.381. The number of benzene rings is 1. The average Bonchev–Trinajstić information content (AvgIpc) is 2.67. The molecule has 0 atom stereocenters. The molecular weight excluding hydrogens is 358 g/mol. The summed E-state index contributed by atoms with van der Waals surface area (Å²) in [7, 11) is 0. The first-order chi connectivity index (χ1) is 13.4. The van der Waals surface area contributed by atoms with Gasteiger partial charge in [0.15, 0.2) is 5.75 Å². The Hall–Kier alpha value is -3.09. The predicted octanol–water partition coefficient (Wildman–Crippen LogP) is 1.75. The Bertz CT molecular complexity index is 965. The van der Waals surface area contributed by atoms with Gasteiger partial charge in [-0.05, 0) is 44.0 Å². The van der Waals surface area contributed by atoms with Crippen molar-refractivity contribution in [2.75, 3.05) is 26.2 Å². The first-order valence-electron chi connectivity index (χ1n) is 9.42. The van der Waals surface area contributed by atoms with Crippen LogP contribution in [0.15, 0.2) is 35.3 Å². The van der Waals surface area contributed by atoms with Crippen molar-refractivity contribution in [3.8, 4) is 5.75 Å². The van der Waals surface area contributed by atoms with Crippen molar-refractivity contribution in [1.29, 1.82) is 0 Å². The van der Waals surface area contributed by atoms with Gasteiger partial charge in [0.1, 0.15) is 5.69 Å². The zero-order valence-electron chi connectivity index (χ0n) is 16.4. The number of nitrogens with one attached hydrogen (secondary N) is 1. The number of aromatic nitrogens is 1. The summed E-state index contributed by atoms with van der Waals surface area (Å²) in [6, 6.07) is 6.90. The lowest BCUT2D eigenvalue weighted by Gasteiger charge is -2.30. The quantitative estimate of drug-likeness (QED) is 0.824. The number of carbonyl (C=O) groups is 2. The van der Waals surface area contributed by atoms with Crippen molar-refractivity contribution >= 4 is 11.8 Å². The number of carbonyl (C=O) groups excluding carboxylic acids is 2. The minimum atomic E-state index is -0.300. The van der Waals surface area contributed by atoms with Crippen molar-refractivity contribution in [2.45, 2.75) is 27.3 Å². The molecule has 0 saturated carbocycles. The highest BCUT2D eigenvalue weighted by molar-refractivity contribution is 5.95. The van der Waals surface area contributed by atoms with Crippen LogP contribution in [-0.4, -0.2) is 47.5 Å². The van der Waals surface area contributed by atoms with Gasteiger partial charge in [0, 0.05) is 37.8 Å². The van der Waals surface area contributed by atoms with E-state index in [1.807, 2.05) is 32.9 Å². The minimum absolute atomic E-state index is 0.162. The molecule has 7 nitrogen and oxygen atoms in total. The highest BCUT2D eigenvalue weighted by Gasteiger charge is 2.25. The topological polar surface area (TPSA) is 80.6 Å². The molecule has 1 aliphatic heterocycles. The van der Waals surface area contributed by atoms with Gasteiger partial charge >= 0.3 is 0 Å². The summed E-state index contributed by atoms with van der Waals surface area (Å²) < 4.78 is 7.06. The lowest BCUT2D eigenvalue weighted by atomic mass is 10.1. The van der Waals surface area contributed by atoms with Gasteiger partial charge in [-0.25, -0.2) is 0 Å². The number of pyridine rings is 1. The molecular formula is C21H25N3O4. The lowest BCUT2D eigenvalue weighted by molar-refractivity contribution is 0.0696. The first-order valence-corrected chi connectivity index (χ1v) is 9.42. The largest absolute Gasteiger partial charge is 0.488 e. The van der Waals surface area contributed by atoms with Crippen molar-refractivity contribution in [3.05, 3.63) is 63.1 Å². The maximum atomic E-state index is 12.7. The minimum Gasteiger partial charge on any atom is -0.488 e. The van der Waals surface area contributed by atoms with Crippen LogP contribution in [0.2, 0.25) is 0 Å². The molecule has 1 aliphatic rings. The van der Waals surface area contributed by atoms with E-state index >= 15 is 0 Å². The number of nitrogens with zero attached hydrogens (tertiary/aromatic N) is 2. The zero-order chi connectivity index (χ0) is 20.3. The Kier molecular flexibility index (Phi) is 5.82. The molecule has 2 amide bonds. The monoisotopic (exact) mass is 383 g/mol. The van der Waals surface area contributed by atoms with Crippen LogP contribution in [0, 0.1) is 13.8 Å². The van der Waals surface area contributed by atoms with E-state index in [-0.39, 0.29) is 23.0 Å². The fourth-order valence-electron chi connectivity index (χ4n) is 3.18. The molecule has 0 saturated heterocycles. The molecule has 28 heavy (non-hydrogen) atoms. The van der Waals surface area contributed by atoms with Crippen LogP contribution in [0.5, 0.6) is 5.75 Å². The van der Waals surface area contributed by atoms with Gasteiger partial charge in [-0.1, -0.05) is 6.07 Å². The number of hydrogen-bond donors (Lipinski definition) is 1. The highest BCUT2D eigenvalue weighted by atomic mass is 16.5. The molecule has 2 heterocycles. The van der Waals surface area contributed by atoms with Crippen LogP contribution in [0.25, 0.3) is 0 Å². The maximum absolute atomic E-state index is 12.7. The summed E-state index contributed by atoms with van der Waals surface area (Å²) in [5.41, 5.74) is 2.85. The van der Waals surface area contributed by atoms with Gasteiger partial charge < -0.3 is 19.5 Å². The number of hydrogen-bond acceptors (Lipinski definition) is 4. The smallest absolute Gasteiger partial charge is 0.270 e. The molecule has 1 aromatic heterocycles. The summed E-state index contributed by atoms with van der Waals surface area (Å²) in [6.45, 7) is 7.99. The van der Waals surface area contributed by atoms with Crippen molar-refractivity contribution < 1.29 is 14.3 Å². The van der Waals surface area contributed by atoms with E-state index in [0.29, 0.717) is 44.0 Å². The lowest BCUT2D eigenvalue weighted by Crippen LogP contribution is -2.45. The summed E-state index contributed by atoms with van der Waals surface area (Å²) in [6.07, 6.45) is 1.60. The Morgan fingerprint density at radius 3 is 2.64 bits per heavy atom. The van der Waals surface area contributed by atoms with Gasteiger partial charge in [-0.15, -0.1) is 0 Å². The predicted molar refractivity (Wildman–Crippen MR) is 106 cm³/mol. The second-order valence-corrected chi connectivity index (χ2v) is 6.86. The summed E-state index contributed by atoms with van der Waals surface area (Å²) in [4.78, 5) is 38.7. The van der Waals surface area contributed by atoms with E-state index in [4.69, 9.17) is 4.74 Å². The molecule has 0 spiro atoms. The van der Waals surface area contributed by atoms with Crippen LogP contribution in [0.4, 0.5) is 0 Å². The van der Waals surface area contributed by atoms with Crippen molar-refractivity contribution in [2.24, 2.45) is 0 Å². The van der Waals surface area contributed by atoms with Crippen molar-refractivity contribution in [3.63, 3.8) is 0 Å². The molecule has 3 rings (SSSR count). The third-order valence-electron chi connectivity index (χ3n) is 4.95. The molecule has 148 valence electrons. The Morgan fingerprint density at radius 2 is 1.93 bits per heavy atom. The van der Waals surface area contributed by atoms with Gasteiger partial charge in [0.25, 0.3) is 11.8 Å². The fourth-order valence-corrected chi connectivity index (χ4v) is 3.18. The van der Waals surface area contributed by atoms with Gasteiger partial charge in [-0.3, -0.25) is 14.4 Å². The van der Waals surface area contributed by atoms with Crippen LogP contribution in [0.1, 0.15) is 38.9 Å². The molecule has 1 aromatic carbocycles. The maximum Gasteiger partial charge on any atom is 0.270 e. The Morgan fingerprint density at radius 1 is 1.14 bits per heavy atom. The van der Waals surface area contributed by atoms with E-state index in [9.17, 15) is 14.4 Å². The number of rotatable bonds is 6. The molecule has 2 aromatic rings. The Labute approximate surface area is 163 Å². The number of fused-ring (bicyclic) bond motifs is 1. The van der Waals surface area contributed by atoms with Gasteiger partial charge in [-0.2, -0.15) is 0 Å². The van der Waals surface area contributed by atoms with Crippen molar-refractivity contribution in [1.82, 2.24) is 14.8 Å². The molecule has 7 heteroatoms. The first kappa shape index (κ1) is 19.7. The van der Waals surface area contributed by atoms with Gasteiger partial charge in [0.05, 0.1) is 12.8 Å². The molecule has 0 bridgehead atoms. The summed E-state index contributed by atoms with van der Waals surface area (Å²) >= 11 is 0. The van der Waals surface area contributed by atoms with E-state index in [2.05, 4.69) is 5.32 Å². The van der Waals surface area contributed by atoms with E-state index in [0.717, 1.165) is 11.1 Å². The molecule has 1 N–H and O–H groups in total. The molecule has 0 fully saturated rings. The van der Waals surface area contributed by atoms with E-state index < -0.39 is 0 Å². The van der Waals surface area contributed by atoms with Crippen LogP contribution >= 0.6 is 0 Å². The number of amides is 2. The highest BCUT2D eigenvalue weighted by Crippen LogP contribution is 2.14. The van der Waals surface area contributed by atoms with E-state index in [1.54, 1.807) is 21.7 Å². The third kappa shape index (κ3) is 4.08. The summed E-state index contributed by atoms with van der Waals surface area (Å²) in [5.74, 6) is -0.120. The Balaban J connectivity index is 1.61. The van der Waals surface area contributed by atoms with Crippen LogP contribution < -0.4 is 15.5 Å². The second-order valence-electron chi connectivity index (χ2n) is 6.86. The average molecular weight is 383 g/mol. The summed E-state index contributed by atoms with van der Waals surface area (Å²) in [5, 5.41) is 2.85. The third-order valence-corrected chi connectivity index (χ3v) is 4.95. The second kappa shape index (κ2) is 8.29. The van der Waals surface area contributed by atoms with E-state index in [1.165, 1.54) is 6.07 Å². The number of aryl methyl sites for hydroxylation is 2. The van der Waals surface area contributed by atoms with Crippen LogP contribution in [-0.2, 0) is 6.54 Å². The molecule has 0 aliphatic carbocycles. The zero-order valence-corrected chi connectivity index (χ0v) is 16.4. The normalized spacial score (nSPS) is 13.2. The molecule has 0 radical (unpaired) electrons. The van der Waals surface area contributed by atoms with Gasteiger partial charge in [0.2, 0.25) is 5.43 Å². The number of ether oxygens (including phenoxy) is 1.